The van der Waals surface area contributed by atoms with Gasteiger partial charge in [0.25, 0.3) is 5.91 Å². The van der Waals surface area contributed by atoms with Gasteiger partial charge in [-0.15, -0.1) is 0 Å². The monoisotopic (exact) mass is 350 g/mol. The summed E-state index contributed by atoms with van der Waals surface area (Å²) in [4.78, 5) is 16.7. The zero-order valence-electron chi connectivity index (χ0n) is 15.0. The van der Waals surface area contributed by atoms with Gasteiger partial charge >= 0.3 is 0 Å². The van der Waals surface area contributed by atoms with Gasteiger partial charge in [0.15, 0.2) is 6.61 Å². The molecule has 2 heterocycles. The van der Waals surface area contributed by atoms with E-state index in [1.54, 1.807) is 7.11 Å². The largest absolute Gasteiger partial charge is 0.484 e. The number of benzene rings is 1. The maximum Gasteiger partial charge on any atom is 0.260 e. The zero-order valence-corrected chi connectivity index (χ0v) is 15.0. The fourth-order valence-corrected chi connectivity index (χ4v) is 4.12. The Kier molecular flexibility index (Phi) is 5.59. The number of likely N-dealkylation sites (tertiary alicyclic amines) is 2. The molecule has 1 aromatic rings. The SMILES string of the molecule is COC[C@@H]1CCC2(CCN(C(=O)COc3ccc(F)cc3)CC2)N1C. The van der Waals surface area contributed by atoms with Crippen LogP contribution in [0, 0.1) is 5.82 Å². The van der Waals surface area contributed by atoms with E-state index in [0.717, 1.165) is 39.0 Å². The second kappa shape index (κ2) is 7.70. The Hall–Kier alpha value is -1.66. The van der Waals surface area contributed by atoms with Crippen LogP contribution in [0.1, 0.15) is 25.7 Å². The number of carbonyl (C=O) groups excluding carboxylic acids is 1. The summed E-state index contributed by atoms with van der Waals surface area (Å²) in [5.41, 5.74) is 0.206. The highest BCUT2D eigenvalue weighted by Gasteiger charge is 2.46. The van der Waals surface area contributed by atoms with Crippen LogP contribution in [0.15, 0.2) is 24.3 Å². The lowest BCUT2D eigenvalue weighted by Gasteiger charge is -2.45. The molecule has 2 aliphatic rings. The molecule has 0 saturated carbocycles. The third-order valence-electron chi connectivity index (χ3n) is 5.82. The van der Waals surface area contributed by atoms with Gasteiger partial charge in [0.05, 0.1) is 6.61 Å². The van der Waals surface area contributed by atoms with Gasteiger partial charge in [-0.1, -0.05) is 0 Å². The Balaban J connectivity index is 1.48. The van der Waals surface area contributed by atoms with E-state index in [0.29, 0.717) is 11.8 Å². The molecule has 25 heavy (non-hydrogen) atoms. The molecule has 2 saturated heterocycles. The van der Waals surface area contributed by atoms with E-state index in [-0.39, 0.29) is 23.9 Å². The molecular formula is C19H27FN2O3. The smallest absolute Gasteiger partial charge is 0.260 e. The van der Waals surface area contributed by atoms with Crippen LogP contribution in [0.2, 0.25) is 0 Å². The van der Waals surface area contributed by atoms with Crippen LogP contribution < -0.4 is 4.74 Å². The Morgan fingerprint density at radius 3 is 2.56 bits per heavy atom. The van der Waals surface area contributed by atoms with E-state index in [2.05, 4.69) is 11.9 Å². The molecule has 0 radical (unpaired) electrons. The Morgan fingerprint density at radius 2 is 1.92 bits per heavy atom. The second-order valence-electron chi connectivity index (χ2n) is 7.11. The van der Waals surface area contributed by atoms with E-state index in [9.17, 15) is 9.18 Å². The number of nitrogens with zero attached hydrogens (tertiary/aromatic N) is 2. The Morgan fingerprint density at radius 1 is 1.24 bits per heavy atom. The topological polar surface area (TPSA) is 42.0 Å². The third-order valence-corrected chi connectivity index (χ3v) is 5.82. The molecule has 3 rings (SSSR count). The molecule has 0 N–H and O–H groups in total. The molecule has 6 heteroatoms. The quantitative estimate of drug-likeness (QED) is 0.817. The van der Waals surface area contributed by atoms with Crippen LogP contribution in [-0.2, 0) is 9.53 Å². The van der Waals surface area contributed by atoms with Gasteiger partial charge in [-0.2, -0.15) is 0 Å². The summed E-state index contributed by atoms with van der Waals surface area (Å²) in [6.45, 7) is 2.29. The van der Waals surface area contributed by atoms with Crippen LogP contribution in [0.5, 0.6) is 5.75 Å². The molecule has 2 fully saturated rings. The van der Waals surface area contributed by atoms with Crippen molar-refractivity contribution in [2.45, 2.75) is 37.3 Å². The predicted octanol–water partition coefficient (Wildman–Crippen LogP) is 2.31. The number of hydrogen-bond acceptors (Lipinski definition) is 4. The van der Waals surface area contributed by atoms with E-state index >= 15 is 0 Å². The number of piperidine rings is 1. The van der Waals surface area contributed by atoms with Crippen LogP contribution in [0.25, 0.3) is 0 Å². The van der Waals surface area contributed by atoms with Crippen LogP contribution in [-0.4, -0.2) is 67.7 Å². The lowest BCUT2D eigenvalue weighted by molar-refractivity contribution is -0.136. The first-order chi connectivity index (χ1) is 12.0. The number of likely N-dealkylation sites (N-methyl/N-ethyl adjacent to an activating group) is 1. The van der Waals surface area contributed by atoms with Gasteiger partial charge in [-0.25, -0.2) is 4.39 Å². The van der Waals surface area contributed by atoms with Crippen LogP contribution in [0.3, 0.4) is 0 Å². The summed E-state index contributed by atoms with van der Waals surface area (Å²) in [5.74, 6) is 0.196. The number of amides is 1. The molecule has 138 valence electrons. The normalized spacial score (nSPS) is 23.2. The van der Waals surface area contributed by atoms with E-state index in [1.165, 1.54) is 30.7 Å². The van der Waals surface area contributed by atoms with Gasteiger partial charge in [-0.3, -0.25) is 9.69 Å². The summed E-state index contributed by atoms with van der Waals surface area (Å²) >= 11 is 0. The van der Waals surface area contributed by atoms with Gasteiger partial charge in [0, 0.05) is 31.8 Å². The molecule has 0 bridgehead atoms. The third kappa shape index (κ3) is 3.96. The highest BCUT2D eigenvalue weighted by Crippen LogP contribution is 2.40. The molecule has 2 aliphatic heterocycles. The zero-order chi connectivity index (χ0) is 17.9. The first kappa shape index (κ1) is 18.1. The number of ether oxygens (including phenoxy) is 2. The van der Waals surface area contributed by atoms with Crippen LogP contribution >= 0.6 is 0 Å². The molecule has 1 amide bonds. The number of carbonyl (C=O) groups is 1. The first-order valence-corrected chi connectivity index (χ1v) is 8.92. The highest BCUT2D eigenvalue weighted by atomic mass is 19.1. The molecule has 1 atom stereocenters. The lowest BCUT2D eigenvalue weighted by Crippen LogP contribution is -2.54. The van der Waals surface area contributed by atoms with Gasteiger partial charge in [0.1, 0.15) is 11.6 Å². The molecule has 1 spiro atoms. The molecule has 0 unspecified atom stereocenters. The number of methoxy groups -OCH3 is 1. The summed E-state index contributed by atoms with van der Waals surface area (Å²) in [5, 5.41) is 0. The minimum Gasteiger partial charge on any atom is -0.484 e. The summed E-state index contributed by atoms with van der Waals surface area (Å²) in [6, 6.07) is 6.22. The number of hydrogen-bond donors (Lipinski definition) is 0. The number of halogens is 1. The van der Waals surface area contributed by atoms with Crippen molar-refractivity contribution < 1.29 is 18.7 Å². The van der Waals surface area contributed by atoms with E-state index in [1.807, 2.05) is 4.90 Å². The minimum atomic E-state index is -0.313. The van der Waals surface area contributed by atoms with Gasteiger partial charge < -0.3 is 14.4 Å². The van der Waals surface area contributed by atoms with Crippen molar-refractivity contribution >= 4 is 5.91 Å². The summed E-state index contributed by atoms with van der Waals surface area (Å²) < 4.78 is 23.7. The maximum absolute atomic E-state index is 12.9. The maximum atomic E-state index is 12.9. The van der Waals surface area contributed by atoms with Crippen LogP contribution in [0.4, 0.5) is 4.39 Å². The summed E-state index contributed by atoms with van der Waals surface area (Å²) in [7, 11) is 3.94. The fraction of sp³-hybridized carbons (Fsp3) is 0.632. The van der Waals surface area contributed by atoms with Crippen molar-refractivity contribution in [2.75, 3.05) is 40.5 Å². The molecule has 0 aliphatic carbocycles. The molecule has 5 nitrogen and oxygen atoms in total. The fourth-order valence-electron chi connectivity index (χ4n) is 4.12. The average molecular weight is 350 g/mol. The molecule has 0 aromatic heterocycles. The first-order valence-electron chi connectivity index (χ1n) is 8.92. The molecule has 1 aromatic carbocycles. The van der Waals surface area contributed by atoms with Crippen molar-refractivity contribution in [3.63, 3.8) is 0 Å². The average Bonchev–Trinajstić information content (AvgIpc) is 2.92. The van der Waals surface area contributed by atoms with Gasteiger partial charge in [0.2, 0.25) is 0 Å². The lowest BCUT2D eigenvalue weighted by atomic mass is 9.85. The van der Waals surface area contributed by atoms with Gasteiger partial charge in [-0.05, 0) is 57.0 Å². The van der Waals surface area contributed by atoms with Crippen molar-refractivity contribution in [3.05, 3.63) is 30.1 Å². The van der Waals surface area contributed by atoms with E-state index in [4.69, 9.17) is 9.47 Å². The van der Waals surface area contributed by atoms with Crippen molar-refractivity contribution in [2.24, 2.45) is 0 Å². The van der Waals surface area contributed by atoms with E-state index < -0.39 is 0 Å². The van der Waals surface area contributed by atoms with Crippen molar-refractivity contribution in [1.82, 2.24) is 9.80 Å². The molecular weight excluding hydrogens is 323 g/mol. The van der Waals surface area contributed by atoms with Crippen molar-refractivity contribution in [1.29, 1.82) is 0 Å². The summed E-state index contributed by atoms with van der Waals surface area (Å²) in [6.07, 6.45) is 4.32. The predicted molar refractivity (Wildman–Crippen MR) is 93.1 cm³/mol. The number of rotatable bonds is 5. The highest BCUT2D eigenvalue weighted by molar-refractivity contribution is 5.77. The minimum absolute atomic E-state index is 0.000765. The Labute approximate surface area is 148 Å². The Bertz CT molecular complexity index is 585. The second-order valence-corrected chi connectivity index (χ2v) is 7.11. The standard InChI is InChI=1S/C19H27FN2O3/c1-21-16(13-24-2)7-8-19(21)9-11-22(12-10-19)18(23)14-25-17-5-3-15(20)4-6-17/h3-6,16H,7-14H2,1-2H3/t16-/m0/s1. The van der Waals surface area contributed by atoms with Crippen molar-refractivity contribution in [3.8, 4) is 5.75 Å².